The lowest BCUT2D eigenvalue weighted by molar-refractivity contribution is 0.219. The van der Waals surface area contributed by atoms with Gasteiger partial charge in [-0.2, -0.15) is 16.8 Å². The summed E-state index contributed by atoms with van der Waals surface area (Å²) < 4.78 is 155. The summed E-state index contributed by atoms with van der Waals surface area (Å²) in [6.07, 6.45) is 1.16. The Bertz CT molecular complexity index is 1570. The highest BCUT2D eigenvalue weighted by atomic mass is 32.2. The van der Waals surface area contributed by atoms with Crippen molar-refractivity contribution >= 4 is 39.9 Å². The fourth-order valence-corrected chi connectivity index (χ4v) is 9.85. The molecule has 0 unspecified atom stereocenters. The van der Waals surface area contributed by atoms with Crippen LogP contribution in [-0.4, -0.2) is 68.9 Å². The molecule has 42 heavy (non-hydrogen) atoms. The molecule has 0 N–H and O–H groups in total. The van der Waals surface area contributed by atoms with Gasteiger partial charge in [0.25, 0.3) is 20.2 Å². The van der Waals surface area contributed by atoms with Crippen LogP contribution < -0.4 is 0 Å². The van der Waals surface area contributed by atoms with Crippen LogP contribution in [-0.2, 0) is 48.3 Å². The van der Waals surface area contributed by atoms with Crippen LogP contribution >= 0.6 is 0 Å². The Morgan fingerprint density at radius 3 is 1.07 bits per heavy atom. The molecule has 2 aliphatic carbocycles. The molecule has 0 radical (unpaired) electrons. The Balaban J connectivity index is 0.000000230. The molecule has 2 aromatic carbocycles. The van der Waals surface area contributed by atoms with Crippen molar-refractivity contribution in [2.24, 2.45) is 0 Å². The maximum atomic E-state index is 13.1. The highest BCUT2D eigenvalue weighted by Crippen LogP contribution is 2.34. The van der Waals surface area contributed by atoms with E-state index in [1.807, 2.05) is 0 Å². The molecular weight excluding hydrogens is 653 g/mol. The van der Waals surface area contributed by atoms with Gasteiger partial charge in [0.1, 0.15) is 23.3 Å². The van der Waals surface area contributed by atoms with E-state index in [1.54, 1.807) is 0 Å². The molecule has 0 aromatic heterocycles. The summed E-state index contributed by atoms with van der Waals surface area (Å²) in [5.41, 5.74) is 0. The molecule has 0 aliphatic heterocycles. The minimum atomic E-state index is -3.93. The average Bonchev–Trinajstić information content (AvgIpc) is 3.46. The van der Waals surface area contributed by atoms with Crippen LogP contribution in [0.5, 0.6) is 0 Å². The summed E-state index contributed by atoms with van der Waals surface area (Å²) in [5, 5.41) is -1.82. The van der Waals surface area contributed by atoms with Crippen molar-refractivity contribution < 1.29 is 59.6 Å². The molecule has 18 heteroatoms. The summed E-state index contributed by atoms with van der Waals surface area (Å²) in [6.45, 7) is 0. The molecule has 0 spiro atoms. The van der Waals surface area contributed by atoms with Crippen molar-refractivity contribution in [3.8, 4) is 0 Å². The lowest BCUT2D eigenvalue weighted by Crippen LogP contribution is -2.21. The molecule has 0 heterocycles. The predicted molar refractivity (Wildman–Crippen MR) is 142 cm³/mol. The second-order valence-electron chi connectivity index (χ2n) is 10.0. The number of halogens is 4. The monoisotopic (exact) mass is 680 g/mol. The van der Waals surface area contributed by atoms with Gasteiger partial charge in [0.15, 0.2) is 19.7 Å². The fourth-order valence-electron chi connectivity index (χ4n) is 4.80. The summed E-state index contributed by atoms with van der Waals surface area (Å²) in [6, 6.07) is 4.19. The lowest BCUT2D eigenvalue weighted by atomic mass is 10.3. The smallest absolute Gasteiger partial charge is 0.264 e. The van der Waals surface area contributed by atoms with Crippen LogP contribution in [0.25, 0.3) is 0 Å². The summed E-state index contributed by atoms with van der Waals surface area (Å²) in [5.74, 6) is -3.91. The Morgan fingerprint density at radius 1 is 0.524 bits per heavy atom. The number of sulfone groups is 2. The van der Waals surface area contributed by atoms with Gasteiger partial charge in [0.05, 0.1) is 45.0 Å². The van der Waals surface area contributed by atoms with Crippen LogP contribution in [0.15, 0.2) is 46.2 Å². The molecule has 2 fully saturated rings. The summed E-state index contributed by atoms with van der Waals surface area (Å²) in [4.78, 5) is -0.880. The van der Waals surface area contributed by atoms with E-state index >= 15 is 0 Å². The average molecular weight is 681 g/mol. The van der Waals surface area contributed by atoms with Crippen LogP contribution in [0.2, 0.25) is 0 Å². The first kappa shape index (κ1) is 34.4. The van der Waals surface area contributed by atoms with Crippen LogP contribution in [0.1, 0.15) is 38.5 Å². The van der Waals surface area contributed by atoms with Gasteiger partial charge in [-0.1, -0.05) is 0 Å². The third kappa shape index (κ3) is 9.44. The van der Waals surface area contributed by atoms with Gasteiger partial charge in [-0.05, 0) is 62.8 Å². The van der Waals surface area contributed by atoms with E-state index in [0.29, 0.717) is 12.1 Å². The maximum absolute atomic E-state index is 13.1. The normalized spacial score (nSPS) is 23.4. The Hall–Kier alpha value is -2.12. The van der Waals surface area contributed by atoms with Crippen LogP contribution in [0.4, 0.5) is 17.6 Å². The van der Waals surface area contributed by atoms with Crippen molar-refractivity contribution in [3.05, 3.63) is 59.7 Å². The third-order valence-corrected chi connectivity index (χ3v) is 12.1. The first-order chi connectivity index (χ1) is 19.2. The predicted octanol–water partition coefficient (Wildman–Crippen LogP) is 3.27. The van der Waals surface area contributed by atoms with Gasteiger partial charge in [-0.3, -0.25) is 8.37 Å². The summed E-state index contributed by atoms with van der Waals surface area (Å²) in [7, 11) is -15.2. The van der Waals surface area contributed by atoms with E-state index in [-0.39, 0.29) is 38.5 Å². The van der Waals surface area contributed by atoms with Crippen LogP contribution in [0.3, 0.4) is 0 Å². The quantitative estimate of drug-likeness (QED) is 0.300. The van der Waals surface area contributed by atoms with Crippen molar-refractivity contribution in [1.82, 2.24) is 0 Å². The van der Waals surface area contributed by atoms with Gasteiger partial charge in [0.2, 0.25) is 0 Å². The standard InChI is InChI=1S/2C12H14F2O5S2/c2*1-20(15,16)19-10-2-3-11(7-10)21(17,18)12-5-8(13)4-9(14)6-12/h2*4-6,10-11H,2-3,7H2,1H3/t2*10-,11-/m11/s1. The van der Waals surface area contributed by atoms with E-state index in [9.17, 15) is 51.2 Å². The highest BCUT2D eigenvalue weighted by molar-refractivity contribution is 7.92. The zero-order chi connectivity index (χ0) is 31.7. The van der Waals surface area contributed by atoms with Crippen molar-refractivity contribution in [3.63, 3.8) is 0 Å². The Morgan fingerprint density at radius 2 is 0.810 bits per heavy atom. The number of rotatable bonds is 8. The van der Waals surface area contributed by atoms with Gasteiger partial charge < -0.3 is 0 Å². The third-order valence-electron chi connectivity index (χ3n) is 6.50. The highest BCUT2D eigenvalue weighted by Gasteiger charge is 2.38. The van der Waals surface area contributed by atoms with E-state index in [2.05, 4.69) is 0 Å². The van der Waals surface area contributed by atoms with E-state index in [4.69, 9.17) is 8.37 Å². The minimum absolute atomic E-state index is 0.0203. The molecule has 2 aliphatic rings. The SMILES string of the molecule is CS(=O)(=O)O[C@@H]1CC[C@@H](S(=O)(=O)c2cc(F)cc(F)c2)C1.CS(=O)(=O)O[C@@H]1CC[C@@H](S(=O)(=O)c2cc(F)cc(F)c2)C1. The van der Waals surface area contributed by atoms with Gasteiger partial charge in [-0.25, -0.2) is 34.4 Å². The molecule has 0 saturated heterocycles. The molecule has 4 atom stereocenters. The molecule has 2 aromatic rings. The van der Waals surface area contributed by atoms with E-state index < -0.39 is 95.7 Å². The second kappa shape index (κ2) is 12.9. The molecule has 10 nitrogen and oxygen atoms in total. The van der Waals surface area contributed by atoms with Crippen molar-refractivity contribution in [1.29, 1.82) is 0 Å². The van der Waals surface area contributed by atoms with Crippen molar-refractivity contribution in [2.45, 2.75) is 71.0 Å². The van der Waals surface area contributed by atoms with Gasteiger partial charge in [-0.15, -0.1) is 0 Å². The largest absolute Gasteiger partial charge is 0.267 e. The first-order valence-corrected chi connectivity index (χ1v) is 19.0. The molecule has 2 saturated carbocycles. The zero-order valence-electron chi connectivity index (χ0n) is 22.2. The molecule has 236 valence electrons. The van der Waals surface area contributed by atoms with Crippen LogP contribution in [0, 0.1) is 23.3 Å². The first-order valence-electron chi connectivity index (χ1n) is 12.3. The Labute approximate surface area is 242 Å². The number of hydrogen-bond acceptors (Lipinski definition) is 10. The molecule has 0 amide bonds. The number of benzene rings is 2. The second-order valence-corrected chi connectivity index (χ2v) is 17.7. The van der Waals surface area contributed by atoms with Crippen molar-refractivity contribution in [2.75, 3.05) is 12.5 Å². The molecular formula is C24H28F4O10S4. The summed E-state index contributed by atoms with van der Waals surface area (Å²) >= 11 is 0. The van der Waals surface area contributed by atoms with Gasteiger partial charge in [0, 0.05) is 12.1 Å². The minimum Gasteiger partial charge on any atom is -0.267 e. The maximum Gasteiger partial charge on any atom is 0.264 e. The lowest BCUT2D eigenvalue weighted by Gasteiger charge is -2.12. The molecule has 4 rings (SSSR count). The van der Waals surface area contributed by atoms with E-state index in [1.165, 1.54) is 0 Å². The fraction of sp³-hybridized carbons (Fsp3) is 0.500. The Kier molecular flexibility index (Phi) is 10.5. The zero-order valence-corrected chi connectivity index (χ0v) is 25.5. The number of hydrogen-bond donors (Lipinski definition) is 0. The topological polar surface area (TPSA) is 155 Å². The van der Waals surface area contributed by atoms with E-state index in [0.717, 1.165) is 36.8 Å². The molecule has 0 bridgehead atoms. The van der Waals surface area contributed by atoms with Gasteiger partial charge >= 0.3 is 0 Å².